The summed E-state index contributed by atoms with van der Waals surface area (Å²) in [6.07, 6.45) is 6.33. The molecule has 0 atom stereocenters. The molecule has 0 fully saturated rings. The van der Waals surface area contributed by atoms with Crippen LogP contribution in [0.1, 0.15) is 5.56 Å². The Balaban J connectivity index is 2.94. The van der Waals surface area contributed by atoms with E-state index in [1.54, 1.807) is 18.6 Å². The van der Waals surface area contributed by atoms with Gasteiger partial charge in [0.25, 0.3) is 0 Å². The molecule has 0 aliphatic heterocycles. The van der Waals surface area contributed by atoms with Gasteiger partial charge in [0.2, 0.25) is 0 Å². The molecule has 0 aliphatic rings. The Morgan fingerprint density at radius 1 is 1.47 bits per heavy atom. The van der Waals surface area contributed by atoms with E-state index in [-0.39, 0.29) is 0 Å². The Morgan fingerprint density at radius 3 is 2.53 bits per heavy atom. The van der Waals surface area contributed by atoms with Crippen molar-refractivity contribution in [3.8, 4) is 0 Å². The van der Waals surface area contributed by atoms with Gasteiger partial charge >= 0.3 is 0 Å². The van der Waals surface area contributed by atoms with E-state index in [1.807, 2.05) is 0 Å². The summed E-state index contributed by atoms with van der Waals surface area (Å²) in [5, 5.41) is 0. The quantitative estimate of drug-likeness (QED) is 0.525. The summed E-state index contributed by atoms with van der Waals surface area (Å²) in [5.74, 6) is 0. The maximum Gasteiger partial charge on any atom is 0.196 e. The number of allylic oxidation sites excluding steroid dienone is 1. The van der Waals surface area contributed by atoms with Crippen molar-refractivity contribution in [1.82, 2.24) is 9.97 Å². The molecule has 0 bridgehead atoms. The van der Waals surface area contributed by atoms with Crippen LogP contribution in [0.25, 0.3) is 5.57 Å². The van der Waals surface area contributed by atoms with Crippen molar-refractivity contribution in [2.45, 2.75) is 0 Å². The molecule has 78 valence electrons. The molecule has 0 unspecified atom stereocenters. The van der Waals surface area contributed by atoms with Gasteiger partial charge in [-0.05, 0) is 31.9 Å². The van der Waals surface area contributed by atoms with Gasteiger partial charge < -0.3 is 5.73 Å². The summed E-state index contributed by atoms with van der Waals surface area (Å²) in [6, 6.07) is 0. The van der Waals surface area contributed by atoms with Crippen LogP contribution in [0.2, 0.25) is 0 Å². The molecule has 0 saturated carbocycles. The number of nitrogens with two attached hydrogens (primary N) is 1. The second-order valence-electron chi connectivity index (χ2n) is 2.50. The maximum atomic E-state index is 5.46. The average molecular weight is 332 g/mol. The summed E-state index contributed by atoms with van der Waals surface area (Å²) < 4.78 is 1.06. The van der Waals surface area contributed by atoms with E-state index >= 15 is 0 Å². The third kappa shape index (κ3) is 3.93. The van der Waals surface area contributed by atoms with E-state index in [4.69, 9.17) is 5.73 Å². The molecule has 1 aromatic rings. The number of rotatable bonds is 3. The van der Waals surface area contributed by atoms with Gasteiger partial charge in [-0.3, -0.25) is 0 Å². The number of halogens is 2. The molecular weight excluding hydrogens is 324 g/mol. The molecule has 0 amide bonds. The van der Waals surface area contributed by atoms with Crippen LogP contribution in [0.3, 0.4) is 0 Å². The Morgan fingerprint density at radius 2 is 2.07 bits per heavy atom. The predicted octanol–water partition coefficient (Wildman–Crippen LogP) is 2.48. The van der Waals surface area contributed by atoms with Crippen molar-refractivity contribution < 1.29 is 0 Å². The molecule has 1 heterocycles. The first kappa shape index (κ1) is 12.1. The number of hydrogen-bond acceptors (Lipinski definition) is 4. The molecular formula is C9H8Br2N4. The molecule has 2 N–H and O–H groups in total. The highest BCUT2D eigenvalue weighted by Crippen LogP contribution is 2.12. The van der Waals surface area contributed by atoms with Gasteiger partial charge in [-0.2, -0.15) is 0 Å². The average Bonchev–Trinajstić information content (AvgIpc) is 2.21. The van der Waals surface area contributed by atoms with Crippen molar-refractivity contribution in [3.05, 3.63) is 40.1 Å². The third-order valence-corrected chi connectivity index (χ3v) is 2.09. The molecule has 1 aromatic heterocycles. The first-order chi connectivity index (χ1) is 7.13. The Kier molecular flexibility index (Phi) is 4.64. The first-order valence-corrected chi connectivity index (χ1v) is 5.50. The second kappa shape index (κ2) is 5.77. The lowest BCUT2D eigenvalue weighted by molar-refractivity contribution is 1.10. The summed E-state index contributed by atoms with van der Waals surface area (Å²) in [7, 11) is 0. The van der Waals surface area contributed by atoms with Gasteiger partial charge in [-0.1, -0.05) is 6.58 Å². The number of aliphatic imine (C=N–C) groups is 1. The highest BCUT2D eigenvalue weighted by molar-refractivity contribution is 9.11. The number of hydrogen-bond donors (Lipinski definition) is 1. The van der Waals surface area contributed by atoms with Crippen molar-refractivity contribution in [2.75, 3.05) is 0 Å². The van der Waals surface area contributed by atoms with Gasteiger partial charge in [-0.15, -0.1) is 0 Å². The zero-order valence-electron chi connectivity index (χ0n) is 7.69. The number of aromatic nitrogens is 2. The van der Waals surface area contributed by atoms with Gasteiger partial charge in [0.15, 0.2) is 4.73 Å². The minimum Gasteiger partial charge on any atom is -0.404 e. The van der Waals surface area contributed by atoms with Crippen LogP contribution >= 0.6 is 31.9 Å². The normalized spacial score (nSPS) is 12.0. The molecule has 6 heteroatoms. The van der Waals surface area contributed by atoms with Gasteiger partial charge in [0.1, 0.15) is 0 Å². The first-order valence-electron chi connectivity index (χ1n) is 3.91. The van der Waals surface area contributed by atoms with Crippen molar-refractivity contribution in [3.63, 3.8) is 0 Å². The van der Waals surface area contributed by atoms with Crippen LogP contribution < -0.4 is 5.73 Å². The van der Waals surface area contributed by atoms with E-state index in [9.17, 15) is 0 Å². The lowest BCUT2D eigenvalue weighted by Gasteiger charge is -1.99. The summed E-state index contributed by atoms with van der Waals surface area (Å²) in [5.41, 5.74) is 6.98. The minimum atomic E-state index is 0.528. The highest BCUT2D eigenvalue weighted by atomic mass is 79.9. The molecule has 0 saturated heterocycles. The lowest BCUT2D eigenvalue weighted by atomic mass is 10.2. The third-order valence-electron chi connectivity index (χ3n) is 1.48. The van der Waals surface area contributed by atoms with Gasteiger partial charge in [0, 0.05) is 35.9 Å². The van der Waals surface area contributed by atoms with Crippen molar-refractivity contribution in [1.29, 1.82) is 0 Å². The molecule has 0 radical (unpaired) electrons. The predicted molar refractivity (Wildman–Crippen MR) is 68.5 cm³/mol. The molecule has 0 spiro atoms. The summed E-state index contributed by atoms with van der Waals surface area (Å²) in [4.78, 5) is 12.0. The van der Waals surface area contributed by atoms with E-state index in [2.05, 4.69) is 53.4 Å². The molecule has 1 rings (SSSR count). The highest BCUT2D eigenvalue weighted by Gasteiger charge is 1.99. The fourth-order valence-corrected chi connectivity index (χ4v) is 1.12. The fraction of sp³-hybridized carbons (Fsp3) is 0. The van der Waals surface area contributed by atoms with E-state index in [0.717, 1.165) is 11.1 Å². The van der Waals surface area contributed by atoms with Crippen LogP contribution in [0.4, 0.5) is 0 Å². The molecule has 15 heavy (non-hydrogen) atoms. The van der Waals surface area contributed by atoms with Gasteiger partial charge in [-0.25, -0.2) is 15.0 Å². The topological polar surface area (TPSA) is 64.2 Å². The van der Waals surface area contributed by atoms with E-state index < -0.39 is 0 Å². The zero-order valence-corrected chi connectivity index (χ0v) is 10.9. The Labute approximate surface area is 104 Å². The van der Waals surface area contributed by atoms with E-state index in [1.165, 1.54) is 6.20 Å². The minimum absolute atomic E-state index is 0.528. The smallest absolute Gasteiger partial charge is 0.196 e. The Hall–Kier alpha value is -1.01. The monoisotopic (exact) mass is 330 g/mol. The summed E-state index contributed by atoms with van der Waals surface area (Å²) in [6.45, 7) is 3.58. The maximum absolute atomic E-state index is 5.46. The lowest BCUT2D eigenvalue weighted by Crippen LogP contribution is -1.94. The second-order valence-corrected chi connectivity index (χ2v) is 4.12. The van der Waals surface area contributed by atoms with Crippen molar-refractivity contribution in [2.24, 2.45) is 10.7 Å². The van der Waals surface area contributed by atoms with Crippen LogP contribution in [0, 0.1) is 0 Å². The fourth-order valence-electron chi connectivity index (χ4n) is 0.815. The number of nitrogens with zero attached hydrogens (tertiary/aromatic N) is 3. The largest absolute Gasteiger partial charge is 0.404 e. The molecule has 0 aromatic carbocycles. The standard InChI is InChI=1S/C9H8Br2N4/c1-6(10)13-3-7(2-12)8-4-14-9(11)15-5-8/h2-5H,1,12H2/b7-2+,13-3?. The SMILES string of the molecule is C=C(Br)N=C/C(=C\N)c1cnc(Br)nc1. The van der Waals surface area contributed by atoms with Crippen LogP contribution in [0.15, 0.2) is 39.5 Å². The van der Waals surface area contributed by atoms with Crippen LogP contribution in [-0.2, 0) is 0 Å². The molecule has 0 aliphatic carbocycles. The van der Waals surface area contributed by atoms with Crippen LogP contribution in [-0.4, -0.2) is 16.2 Å². The van der Waals surface area contributed by atoms with E-state index in [0.29, 0.717) is 9.34 Å². The zero-order chi connectivity index (χ0) is 11.3. The summed E-state index contributed by atoms with van der Waals surface area (Å²) >= 11 is 6.27. The van der Waals surface area contributed by atoms with Crippen molar-refractivity contribution >= 4 is 43.6 Å². The molecule has 4 nitrogen and oxygen atoms in total. The van der Waals surface area contributed by atoms with Gasteiger partial charge in [0.05, 0.1) is 4.61 Å². The van der Waals surface area contributed by atoms with Crippen LogP contribution in [0.5, 0.6) is 0 Å². The Bertz CT molecular complexity index is 409.